The third-order valence-corrected chi connectivity index (χ3v) is 6.75. The number of carbonyl (C=O) groups excluding carboxylic acids is 4. The van der Waals surface area contributed by atoms with Crippen molar-refractivity contribution in [3.8, 4) is 0 Å². The molecule has 4 amide bonds. The van der Waals surface area contributed by atoms with Crippen molar-refractivity contribution < 1.29 is 37.4 Å². The molecule has 2 saturated heterocycles. The third kappa shape index (κ3) is 6.16. The van der Waals surface area contributed by atoms with E-state index in [0.717, 1.165) is 17.0 Å². The van der Waals surface area contributed by atoms with Gasteiger partial charge in [0.15, 0.2) is 11.6 Å². The Bertz CT molecular complexity index is 1450. The number of amides is 4. The zero-order valence-corrected chi connectivity index (χ0v) is 22.6. The van der Waals surface area contributed by atoms with E-state index in [0.29, 0.717) is 5.78 Å². The van der Waals surface area contributed by atoms with Gasteiger partial charge in [-0.15, -0.1) is 0 Å². The van der Waals surface area contributed by atoms with Crippen LogP contribution in [0.3, 0.4) is 0 Å². The monoisotopic (exact) mass is 586 g/mol. The van der Waals surface area contributed by atoms with Gasteiger partial charge in [-0.25, -0.2) is 28.3 Å². The lowest BCUT2D eigenvalue weighted by Crippen LogP contribution is -2.51. The Morgan fingerprint density at radius 2 is 1.86 bits per heavy atom. The highest BCUT2D eigenvalue weighted by atomic mass is 19.1. The van der Waals surface area contributed by atoms with Crippen LogP contribution in [0.4, 0.5) is 29.7 Å². The van der Waals surface area contributed by atoms with E-state index in [1.165, 1.54) is 16.0 Å². The van der Waals surface area contributed by atoms with Gasteiger partial charge in [0.25, 0.3) is 5.91 Å². The van der Waals surface area contributed by atoms with Crippen LogP contribution in [0, 0.1) is 11.6 Å². The van der Waals surface area contributed by atoms with Crippen LogP contribution < -0.4 is 20.4 Å². The van der Waals surface area contributed by atoms with Crippen molar-refractivity contribution in [1.82, 2.24) is 29.9 Å². The summed E-state index contributed by atoms with van der Waals surface area (Å²) in [6.45, 7) is 2.19. The van der Waals surface area contributed by atoms with E-state index in [1.807, 2.05) is 0 Å². The Hall–Kier alpha value is -5.02. The lowest BCUT2D eigenvalue weighted by molar-refractivity contribution is -0.130. The first kappa shape index (κ1) is 28.5. The SMILES string of the molecule is CCOC(=O)NC[C@H]1CN(c2cc(F)c(N3CCN(C(=O)CNC(=O)c4cn5cccnc5n4)CC3)c(F)c2)C(=O)O1. The summed E-state index contributed by atoms with van der Waals surface area (Å²) >= 11 is 0. The lowest BCUT2D eigenvalue weighted by atomic mass is 10.2. The molecule has 1 aromatic carbocycles. The summed E-state index contributed by atoms with van der Waals surface area (Å²) in [6, 6.07) is 3.78. The fourth-order valence-corrected chi connectivity index (χ4v) is 4.71. The molecule has 2 aliphatic rings. The molecule has 5 rings (SSSR count). The molecule has 0 aliphatic carbocycles. The number of alkyl carbamates (subject to hydrolysis) is 1. The fourth-order valence-electron chi connectivity index (χ4n) is 4.71. The van der Waals surface area contributed by atoms with Crippen molar-refractivity contribution in [2.45, 2.75) is 13.0 Å². The van der Waals surface area contributed by atoms with E-state index in [1.54, 1.807) is 29.8 Å². The number of aromatic nitrogens is 3. The van der Waals surface area contributed by atoms with Crippen LogP contribution in [-0.2, 0) is 14.3 Å². The van der Waals surface area contributed by atoms with Gasteiger partial charge in [-0.1, -0.05) is 0 Å². The molecule has 0 spiro atoms. The normalized spacial score (nSPS) is 16.9. The van der Waals surface area contributed by atoms with Gasteiger partial charge < -0.3 is 29.9 Å². The standard InChI is InChI=1S/C26H28F2N8O6/c1-2-41-25(39)31-12-17-14-36(26(40)42-17)16-10-18(27)22(19(28)11-16)34-8-6-33(7-9-34)21(37)13-30-23(38)20-15-35-5-3-4-29-24(35)32-20/h3-5,10-11,15,17H,2,6-9,12-14H2,1H3,(H,30,38)(H,31,39)/t17-/m0/s1. The number of nitrogens with one attached hydrogen (secondary N) is 2. The number of nitrogens with zero attached hydrogens (tertiary/aromatic N) is 6. The van der Waals surface area contributed by atoms with E-state index >= 15 is 8.78 Å². The summed E-state index contributed by atoms with van der Waals surface area (Å²) < 4.78 is 41.8. The second-order valence-electron chi connectivity index (χ2n) is 9.48. The molecule has 2 aliphatic heterocycles. The Morgan fingerprint density at radius 1 is 1.12 bits per heavy atom. The second kappa shape index (κ2) is 12.2. The number of piperazine rings is 1. The summed E-state index contributed by atoms with van der Waals surface area (Å²) in [6.07, 6.45) is 2.56. The predicted octanol–water partition coefficient (Wildman–Crippen LogP) is 1.16. The number of rotatable bonds is 8. The van der Waals surface area contributed by atoms with E-state index in [-0.39, 0.29) is 75.4 Å². The summed E-state index contributed by atoms with van der Waals surface area (Å²) in [5, 5.41) is 5.00. The molecule has 0 unspecified atom stereocenters. The maximum atomic E-state index is 15.1. The first-order chi connectivity index (χ1) is 20.2. The quantitative estimate of drug-likeness (QED) is 0.396. The number of cyclic esters (lactones) is 1. The number of fused-ring (bicyclic) bond motifs is 1. The van der Waals surface area contributed by atoms with Crippen molar-refractivity contribution >= 4 is 41.2 Å². The predicted molar refractivity (Wildman–Crippen MR) is 143 cm³/mol. The van der Waals surface area contributed by atoms with E-state index in [9.17, 15) is 19.2 Å². The lowest BCUT2D eigenvalue weighted by Gasteiger charge is -2.36. The van der Waals surface area contributed by atoms with Gasteiger partial charge in [-0.3, -0.25) is 18.9 Å². The number of anilines is 2. The van der Waals surface area contributed by atoms with E-state index in [2.05, 4.69) is 20.6 Å². The minimum Gasteiger partial charge on any atom is -0.450 e. The molecule has 0 radical (unpaired) electrons. The summed E-state index contributed by atoms with van der Waals surface area (Å²) in [5.41, 5.74) is -0.178. The van der Waals surface area contributed by atoms with Crippen LogP contribution in [0.25, 0.3) is 5.78 Å². The molecule has 0 bridgehead atoms. The molecule has 222 valence electrons. The van der Waals surface area contributed by atoms with Gasteiger partial charge >= 0.3 is 12.2 Å². The minimum absolute atomic E-state index is 0.0190. The molecular formula is C26H28F2N8O6. The van der Waals surface area contributed by atoms with E-state index in [4.69, 9.17) is 9.47 Å². The van der Waals surface area contributed by atoms with Gasteiger partial charge in [-0.05, 0) is 13.0 Å². The van der Waals surface area contributed by atoms with Gasteiger partial charge in [0.05, 0.1) is 31.9 Å². The van der Waals surface area contributed by atoms with E-state index < -0.39 is 35.8 Å². The topological polar surface area (TPSA) is 151 Å². The molecular weight excluding hydrogens is 558 g/mol. The Balaban J connectivity index is 1.13. The molecule has 3 aromatic rings. The summed E-state index contributed by atoms with van der Waals surface area (Å²) in [5.74, 6) is -2.27. The van der Waals surface area contributed by atoms with Crippen LogP contribution in [0.1, 0.15) is 17.4 Å². The number of ether oxygens (including phenoxy) is 2. The van der Waals surface area contributed by atoms with Crippen LogP contribution in [0.2, 0.25) is 0 Å². The van der Waals surface area contributed by atoms with Crippen LogP contribution in [0.5, 0.6) is 0 Å². The number of benzene rings is 1. The van der Waals surface area contributed by atoms with Crippen molar-refractivity contribution in [1.29, 1.82) is 0 Å². The highest BCUT2D eigenvalue weighted by molar-refractivity contribution is 5.95. The number of carbonyl (C=O) groups is 4. The summed E-state index contributed by atoms with van der Waals surface area (Å²) in [4.78, 5) is 61.1. The number of hydrogen-bond acceptors (Lipinski definition) is 9. The van der Waals surface area contributed by atoms with Crippen molar-refractivity contribution in [2.75, 3.05) is 62.2 Å². The second-order valence-corrected chi connectivity index (χ2v) is 9.48. The third-order valence-electron chi connectivity index (χ3n) is 6.75. The number of hydrogen-bond donors (Lipinski definition) is 2. The van der Waals surface area contributed by atoms with Crippen molar-refractivity contribution in [3.63, 3.8) is 0 Å². The molecule has 42 heavy (non-hydrogen) atoms. The molecule has 1 atom stereocenters. The minimum atomic E-state index is -0.875. The zero-order chi connectivity index (χ0) is 29.8. The molecule has 4 heterocycles. The maximum absolute atomic E-state index is 15.1. The van der Waals surface area contributed by atoms with Gasteiger partial charge in [0.1, 0.15) is 17.5 Å². The van der Waals surface area contributed by atoms with Gasteiger partial charge in [0, 0.05) is 56.9 Å². The zero-order valence-electron chi connectivity index (χ0n) is 22.6. The van der Waals surface area contributed by atoms with Crippen LogP contribution in [0.15, 0.2) is 36.8 Å². The molecule has 2 N–H and O–H groups in total. The molecule has 2 aromatic heterocycles. The smallest absolute Gasteiger partial charge is 0.414 e. The molecule has 2 fully saturated rings. The van der Waals surface area contributed by atoms with Crippen LogP contribution >= 0.6 is 0 Å². The molecule has 16 heteroatoms. The Kier molecular flexibility index (Phi) is 8.31. The highest BCUT2D eigenvalue weighted by Crippen LogP contribution is 2.31. The average Bonchev–Trinajstić information content (AvgIpc) is 3.58. The summed E-state index contributed by atoms with van der Waals surface area (Å²) in [7, 11) is 0. The van der Waals surface area contributed by atoms with Gasteiger partial charge in [-0.2, -0.15) is 0 Å². The first-order valence-corrected chi connectivity index (χ1v) is 13.2. The first-order valence-electron chi connectivity index (χ1n) is 13.2. The van der Waals surface area contributed by atoms with Crippen LogP contribution in [-0.4, -0.2) is 102 Å². The van der Waals surface area contributed by atoms with Crippen molar-refractivity contribution in [2.24, 2.45) is 0 Å². The van der Waals surface area contributed by atoms with Crippen molar-refractivity contribution in [3.05, 3.63) is 54.1 Å². The number of imidazole rings is 1. The number of halogens is 2. The fraction of sp³-hybridized carbons (Fsp3) is 0.385. The Morgan fingerprint density at radius 3 is 2.55 bits per heavy atom. The Labute approximate surface area is 238 Å². The largest absolute Gasteiger partial charge is 0.450 e. The molecule has 0 saturated carbocycles. The van der Waals surface area contributed by atoms with Gasteiger partial charge in [0.2, 0.25) is 11.7 Å². The molecule has 14 nitrogen and oxygen atoms in total. The highest BCUT2D eigenvalue weighted by Gasteiger charge is 2.34. The maximum Gasteiger partial charge on any atom is 0.414 e. The average molecular weight is 587 g/mol.